The largest absolute Gasteiger partial charge is 0.403 e. The van der Waals surface area contributed by atoms with Gasteiger partial charge in [-0.3, -0.25) is 0 Å². The second-order valence-corrected chi connectivity index (χ2v) is 2.15. The molecule has 0 saturated carbocycles. The van der Waals surface area contributed by atoms with Crippen molar-refractivity contribution in [3.63, 3.8) is 0 Å². The average molecular weight is 244 g/mol. The van der Waals surface area contributed by atoms with Crippen LogP contribution >= 0.6 is 0 Å². The third kappa shape index (κ3) is 2.64. The topological polar surface area (TPSA) is 38.7 Å². The fourth-order valence-corrected chi connectivity index (χ4v) is 0.837. The molecular formula is C9H5N3Y-2. The van der Waals surface area contributed by atoms with Gasteiger partial charge in [0.1, 0.15) is 0 Å². The molecule has 2 aromatic rings. The smallest absolute Gasteiger partial charge is 0 e. The molecule has 0 saturated heterocycles. The van der Waals surface area contributed by atoms with Crippen LogP contribution in [0.2, 0.25) is 0 Å². The zero-order valence-corrected chi connectivity index (χ0v) is 9.64. The molecule has 13 heavy (non-hydrogen) atoms. The van der Waals surface area contributed by atoms with Gasteiger partial charge in [0.05, 0.1) is 0 Å². The second kappa shape index (κ2) is 5.15. The van der Waals surface area contributed by atoms with E-state index in [-0.39, 0.29) is 32.7 Å². The summed E-state index contributed by atoms with van der Waals surface area (Å²) >= 11 is 0. The first-order chi connectivity index (χ1) is 5.97. The molecule has 2 rings (SSSR count). The van der Waals surface area contributed by atoms with Crippen molar-refractivity contribution < 1.29 is 32.7 Å². The van der Waals surface area contributed by atoms with Gasteiger partial charge in [-0.25, -0.2) is 6.07 Å². The van der Waals surface area contributed by atoms with E-state index >= 15 is 0 Å². The molecular weight excluding hydrogens is 239 g/mol. The Hall–Kier alpha value is -0.666. The fraction of sp³-hybridized carbons (Fsp3) is 0. The van der Waals surface area contributed by atoms with Crippen molar-refractivity contribution >= 4 is 0 Å². The molecule has 0 fully saturated rings. The number of pyridine rings is 1. The predicted molar refractivity (Wildman–Crippen MR) is 42.9 cm³/mol. The molecule has 0 aromatic carbocycles. The third-order valence-corrected chi connectivity index (χ3v) is 1.35. The summed E-state index contributed by atoms with van der Waals surface area (Å²) in [6.45, 7) is 0. The molecule has 0 unspecified atom stereocenters. The third-order valence-electron chi connectivity index (χ3n) is 1.35. The second-order valence-electron chi connectivity index (χ2n) is 2.15. The van der Waals surface area contributed by atoms with E-state index in [1.165, 1.54) is 0 Å². The van der Waals surface area contributed by atoms with Crippen LogP contribution in [-0.2, 0) is 32.7 Å². The molecule has 0 N–H and O–H groups in total. The molecule has 1 radical (unpaired) electrons. The number of rotatable bonds is 1. The van der Waals surface area contributed by atoms with Gasteiger partial charge in [-0.15, -0.1) is 23.7 Å². The van der Waals surface area contributed by atoms with Gasteiger partial charge in [0.2, 0.25) is 0 Å². The number of hydrogen-bond acceptors (Lipinski definition) is 3. The van der Waals surface area contributed by atoms with Crippen LogP contribution < -0.4 is 0 Å². The van der Waals surface area contributed by atoms with Crippen LogP contribution in [0.5, 0.6) is 0 Å². The van der Waals surface area contributed by atoms with Crippen molar-refractivity contribution in [3.8, 4) is 11.4 Å². The molecule has 0 aliphatic rings. The molecule has 0 spiro atoms. The summed E-state index contributed by atoms with van der Waals surface area (Å²) in [6.07, 6.45) is 7.60. The first-order valence-electron chi connectivity index (χ1n) is 3.48. The first-order valence-corrected chi connectivity index (χ1v) is 3.48. The Morgan fingerprint density at radius 2 is 1.85 bits per heavy atom. The van der Waals surface area contributed by atoms with E-state index in [9.17, 15) is 0 Å². The van der Waals surface area contributed by atoms with Gasteiger partial charge in [-0.2, -0.15) is 6.07 Å². The SMILES string of the molecule is [Y].[c-]1cccnc1-c1[c-]nccn1. The minimum Gasteiger partial charge on any atom is -0.403 e. The number of aromatic nitrogens is 3. The molecule has 2 heterocycles. The molecule has 0 bridgehead atoms. The zero-order chi connectivity index (χ0) is 8.23. The van der Waals surface area contributed by atoms with Crippen LogP contribution in [0.25, 0.3) is 11.4 Å². The van der Waals surface area contributed by atoms with Gasteiger partial charge in [0.15, 0.2) is 0 Å². The molecule has 3 nitrogen and oxygen atoms in total. The Kier molecular flexibility index (Phi) is 4.12. The van der Waals surface area contributed by atoms with E-state index in [0.29, 0.717) is 11.4 Å². The van der Waals surface area contributed by atoms with Gasteiger partial charge in [-0.05, 0) is 12.4 Å². The number of nitrogens with zero attached hydrogens (tertiary/aromatic N) is 3. The van der Waals surface area contributed by atoms with E-state index in [0.717, 1.165) is 0 Å². The standard InChI is InChI=1S/C9H5N3.Y/c1-2-4-11-8(3-1)9-7-10-5-6-12-9;/h1-2,4-6H;/q-2;. The van der Waals surface area contributed by atoms with E-state index in [1.807, 2.05) is 0 Å². The summed E-state index contributed by atoms with van der Waals surface area (Å²) in [6, 6.07) is 6.53. The van der Waals surface area contributed by atoms with Gasteiger partial charge < -0.3 is 15.0 Å². The van der Waals surface area contributed by atoms with Crippen LogP contribution in [-0.4, -0.2) is 15.0 Å². The summed E-state index contributed by atoms with van der Waals surface area (Å²) in [7, 11) is 0. The van der Waals surface area contributed by atoms with Crippen LogP contribution in [0.3, 0.4) is 0 Å². The van der Waals surface area contributed by atoms with Crippen molar-refractivity contribution in [1.29, 1.82) is 0 Å². The Morgan fingerprint density at radius 3 is 2.46 bits per heavy atom. The van der Waals surface area contributed by atoms with Gasteiger partial charge in [0.25, 0.3) is 0 Å². The summed E-state index contributed by atoms with van der Waals surface area (Å²) < 4.78 is 0. The average Bonchev–Trinajstić information content (AvgIpc) is 2.21. The minimum atomic E-state index is 0. The Balaban J connectivity index is 0.000000845. The van der Waals surface area contributed by atoms with E-state index in [1.54, 1.807) is 30.7 Å². The number of hydrogen-bond donors (Lipinski definition) is 0. The summed E-state index contributed by atoms with van der Waals surface area (Å²) in [4.78, 5) is 11.9. The quantitative estimate of drug-likeness (QED) is 0.706. The Bertz CT molecular complexity index is 312. The predicted octanol–water partition coefficient (Wildman–Crippen LogP) is 1.14. The summed E-state index contributed by atoms with van der Waals surface area (Å²) in [5, 5.41) is 0. The maximum atomic E-state index is 4.06. The normalized spacial score (nSPS) is 8.92. The van der Waals surface area contributed by atoms with Crippen molar-refractivity contribution in [1.82, 2.24) is 15.0 Å². The van der Waals surface area contributed by atoms with E-state index in [4.69, 9.17) is 0 Å². The fourth-order valence-electron chi connectivity index (χ4n) is 0.837. The van der Waals surface area contributed by atoms with Gasteiger partial charge >= 0.3 is 0 Å². The van der Waals surface area contributed by atoms with Crippen molar-refractivity contribution in [2.45, 2.75) is 0 Å². The Morgan fingerprint density at radius 1 is 1.00 bits per heavy atom. The molecule has 0 atom stereocenters. The van der Waals surface area contributed by atoms with Crippen molar-refractivity contribution in [3.05, 3.63) is 43.0 Å². The molecule has 4 heteroatoms. The van der Waals surface area contributed by atoms with Crippen molar-refractivity contribution in [2.24, 2.45) is 0 Å². The van der Waals surface area contributed by atoms with Crippen LogP contribution in [0.15, 0.2) is 30.7 Å². The first kappa shape index (κ1) is 10.4. The monoisotopic (exact) mass is 244 g/mol. The minimum absolute atomic E-state index is 0. The van der Waals surface area contributed by atoms with Gasteiger partial charge in [-0.1, -0.05) is 6.20 Å². The van der Waals surface area contributed by atoms with Gasteiger partial charge in [0, 0.05) is 32.7 Å². The maximum absolute atomic E-state index is 4.06. The maximum Gasteiger partial charge on any atom is 0 e. The molecule has 0 amide bonds. The summed E-state index contributed by atoms with van der Waals surface area (Å²) in [5.41, 5.74) is 1.30. The van der Waals surface area contributed by atoms with Crippen molar-refractivity contribution in [2.75, 3.05) is 0 Å². The van der Waals surface area contributed by atoms with Crippen LogP contribution in [0.1, 0.15) is 0 Å². The van der Waals surface area contributed by atoms with E-state index in [2.05, 4.69) is 27.2 Å². The molecule has 0 aliphatic carbocycles. The summed E-state index contributed by atoms with van der Waals surface area (Å²) in [5.74, 6) is 0. The van der Waals surface area contributed by atoms with Crippen LogP contribution in [0.4, 0.5) is 0 Å². The molecule has 0 aliphatic heterocycles. The molecule has 2 aromatic heterocycles. The zero-order valence-electron chi connectivity index (χ0n) is 6.81. The Labute approximate surface area is 102 Å². The van der Waals surface area contributed by atoms with E-state index < -0.39 is 0 Å². The molecule has 61 valence electrons. The van der Waals surface area contributed by atoms with Crippen LogP contribution in [0, 0.1) is 12.3 Å².